The first kappa shape index (κ1) is 12.3. The van der Waals surface area contributed by atoms with E-state index < -0.39 is 0 Å². The highest BCUT2D eigenvalue weighted by atomic mass is 16.7. The van der Waals surface area contributed by atoms with Crippen LogP contribution in [0.1, 0.15) is 19.8 Å². The van der Waals surface area contributed by atoms with E-state index in [1.54, 1.807) is 0 Å². The zero-order chi connectivity index (χ0) is 13.3. The SMILES string of the molecule is CCC1(C(=O)Nc2ccc3c(c2)OCO3)CCNC1. The highest BCUT2D eigenvalue weighted by Gasteiger charge is 2.39. The van der Waals surface area contributed by atoms with Crippen LogP contribution in [-0.2, 0) is 4.79 Å². The van der Waals surface area contributed by atoms with Crippen LogP contribution in [0.3, 0.4) is 0 Å². The molecule has 2 aliphatic rings. The van der Waals surface area contributed by atoms with Crippen molar-refractivity contribution in [3.63, 3.8) is 0 Å². The second-order valence-corrected chi connectivity index (χ2v) is 5.08. The van der Waals surface area contributed by atoms with Gasteiger partial charge in [-0.25, -0.2) is 0 Å². The summed E-state index contributed by atoms with van der Waals surface area (Å²) in [7, 11) is 0. The second kappa shape index (κ2) is 4.74. The average molecular weight is 262 g/mol. The largest absolute Gasteiger partial charge is 0.454 e. The van der Waals surface area contributed by atoms with E-state index >= 15 is 0 Å². The molecule has 1 aromatic rings. The second-order valence-electron chi connectivity index (χ2n) is 5.08. The molecule has 3 rings (SSSR count). The van der Waals surface area contributed by atoms with Crippen LogP contribution in [-0.4, -0.2) is 25.8 Å². The van der Waals surface area contributed by atoms with Crippen LogP contribution >= 0.6 is 0 Å². The summed E-state index contributed by atoms with van der Waals surface area (Å²) in [6.45, 7) is 3.96. The van der Waals surface area contributed by atoms with Crippen molar-refractivity contribution in [2.45, 2.75) is 19.8 Å². The Kier molecular flexibility index (Phi) is 3.06. The van der Waals surface area contributed by atoms with Crippen LogP contribution in [0.4, 0.5) is 5.69 Å². The molecular formula is C14H18N2O3. The number of nitrogens with one attached hydrogen (secondary N) is 2. The van der Waals surface area contributed by atoms with Gasteiger partial charge in [0, 0.05) is 18.3 Å². The Balaban J connectivity index is 1.76. The van der Waals surface area contributed by atoms with E-state index in [-0.39, 0.29) is 18.1 Å². The zero-order valence-electron chi connectivity index (χ0n) is 11.0. The van der Waals surface area contributed by atoms with Crippen molar-refractivity contribution in [3.8, 4) is 11.5 Å². The van der Waals surface area contributed by atoms with Crippen molar-refractivity contribution in [2.24, 2.45) is 5.41 Å². The molecular weight excluding hydrogens is 244 g/mol. The lowest BCUT2D eigenvalue weighted by Gasteiger charge is -2.25. The molecule has 2 heterocycles. The molecule has 0 radical (unpaired) electrons. The maximum Gasteiger partial charge on any atom is 0.231 e. The smallest absolute Gasteiger partial charge is 0.231 e. The van der Waals surface area contributed by atoms with Crippen LogP contribution in [0.15, 0.2) is 18.2 Å². The standard InChI is InChI=1S/C14H18N2O3/c1-2-14(5-6-15-8-14)13(17)16-10-3-4-11-12(7-10)19-9-18-11/h3-4,7,15H,2,5-6,8-9H2,1H3,(H,16,17). The third-order valence-corrected chi connectivity index (χ3v) is 4.03. The van der Waals surface area contributed by atoms with Crippen molar-refractivity contribution in [1.29, 1.82) is 0 Å². The van der Waals surface area contributed by atoms with E-state index in [0.717, 1.165) is 37.4 Å². The Morgan fingerprint density at radius 2 is 2.26 bits per heavy atom. The fourth-order valence-corrected chi connectivity index (χ4v) is 2.64. The van der Waals surface area contributed by atoms with Crippen molar-refractivity contribution in [3.05, 3.63) is 18.2 Å². The third kappa shape index (κ3) is 2.14. The number of anilines is 1. The predicted octanol–water partition coefficient (Wildman–Crippen LogP) is 1.74. The van der Waals surface area contributed by atoms with Crippen molar-refractivity contribution in [1.82, 2.24) is 5.32 Å². The van der Waals surface area contributed by atoms with Crippen LogP contribution < -0.4 is 20.1 Å². The number of carbonyl (C=O) groups excluding carboxylic acids is 1. The van der Waals surface area contributed by atoms with Gasteiger partial charge in [0.2, 0.25) is 12.7 Å². The molecule has 2 N–H and O–H groups in total. The number of carbonyl (C=O) groups is 1. The Hall–Kier alpha value is -1.75. The van der Waals surface area contributed by atoms with E-state index in [2.05, 4.69) is 17.6 Å². The summed E-state index contributed by atoms with van der Waals surface area (Å²) in [5.74, 6) is 1.50. The lowest BCUT2D eigenvalue weighted by Crippen LogP contribution is -2.37. The summed E-state index contributed by atoms with van der Waals surface area (Å²) < 4.78 is 10.6. The summed E-state index contributed by atoms with van der Waals surface area (Å²) in [6.07, 6.45) is 1.73. The molecule has 0 aliphatic carbocycles. The van der Waals surface area contributed by atoms with E-state index in [9.17, 15) is 4.79 Å². The maximum absolute atomic E-state index is 12.4. The first-order valence-corrected chi connectivity index (χ1v) is 6.65. The van der Waals surface area contributed by atoms with Gasteiger partial charge in [-0.1, -0.05) is 6.92 Å². The summed E-state index contributed by atoms with van der Waals surface area (Å²) in [5.41, 5.74) is 0.477. The van der Waals surface area contributed by atoms with Crippen LogP contribution in [0.2, 0.25) is 0 Å². The number of benzene rings is 1. The third-order valence-electron chi connectivity index (χ3n) is 4.03. The molecule has 0 aromatic heterocycles. The minimum absolute atomic E-state index is 0.0823. The molecule has 1 unspecified atom stereocenters. The summed E-state index contributed by atoms with van der Waals surface area (Å²) in [5, 5.41) is 6.26. The van der Waals surface area contributed by atoms with Gasteiger partial charge in [-0.15, -0.1) is 0 Å². The van der Waals surface area contributed by atoms with Gasteiger partial charge in [0.15, 0.2) is 11.5 Å². The van der Waals surface area contributed by atoms with Crippen molar-refractivity contribution >= 4 is 11.6 Å². The number of ether oxygens (including phenoxy) is 2. The van der Waals surface area contributed by atoms with E-state index in [1.807, 2.05) is 18.2 Å². The molecule has 2 aliphatic heterocycles. The van der Waals surface area contributed by atoms with Crippen LogP contribution in [0.5, 0.6) is 11.5 Å². The Morgan fingerprint density at radius 3 is 3.00 bits per heavy atom. The predicted molar refractivity (Wildman–Crippen MR) is 71.4 cm³/mol. The van der Waals surface area contributed by atoms with E-state index in [1.165, 1.54) is 0 Å². The van der Waals surface area contributed by atoms with Gasteiger partial charge in [0.1, 0.15) is 0 Å². The fraction of sp³-hybridized carbons (Fsp3) is 0.500. The highest BCUT2D eigenvalue weighted by molar-refractivity contribution is 5.96. The molecule has 1 atom stereocenters. The lowest BCUT2D eigenvalue weighted by atomic mass is 9.83. The van der Waals surface area contributed by atoms with Gasteiger partial charge in [0.25, 0.3) is 0 Å². The van der Waals surface area contributed by atoms with Gasteiger partial charge in [-0.2, -0.15) is 0 Å². The molecule has 1 aromatic carbocycles. The van der Waals surface area contributed by atoms with Gasteiger partial charge in [0.05, 0.1) is 5.41 Å². The summed E-state index contributed by atoms with van der Waals surface area (Å²) >= 11 is 0. The molecule has 1 fully saturated rings. The topological polar surface area (TPSA) is 59.6 Å². The zero-order valence-corrected chi connectivity index (χ0v) is 11.0. The average Bonchev–Trinajstić information content (AvgIpc) is 3.07. The minimum Gasteiger partial charge on any atom is -0.454 e. The number of hydrogen-bond acceptors (Lipinski definition) is 4. The number of rotatable bonds is 3. The highest BCUT2D eigenvalue weighted by Crippen LogP contribution is 2.36. The quantitative estimate of drug-likeness (QED) is 0.871. The van der Waals surface area contributed by atoms with Crippen molar-refractivity contribution < 1.29 is 14.3 Å². The van der Waals surface area contributed by atoms with E-state index in [0.29, 0.717) is 5.75 Å². The van der Waals surface area contributed by atoms with Crippen LogP contribution in [0, 0.1) is 5.41 Å². The summed E-state index contributed by atoms with van der Waals surface area (Å²) in [4.78, 5) is 12.4. The first-order chi connectivity index (χ1) is 9.23. The molecule has 102 valence electrons. The molecule has 1 amide bonds. The Morgan fingerprint density at radius 1 is 1.42 bits per heavy atom. The monoisotopic (exact) mass is 262 g/mol. The number of hydrogen-bond donors (Lipinski definition) is 2. The first-order valence-electron chi connectivity index (χ1n) is 6.65. The molecule has 0 bridgehead atoms. The fourth-order valence-electron chi connectivity index (χ4n) is 2.64. The molecule has 1 saturated heterocycles. The van der Waals surface area contributed by atoms with Gasteiger partial charge >= 0.3 is 0 Å². The van der Waals surface area contributed by atoms with Crippen molar-refractivity contribution in [2.75, 3.05) is 25.2 Å². The molecule has 0 spiro atoms. The minimum atomic E-state index is -0.281. The maximum atomic E-state index is 12.4. The van der Waals surface area contributed by atoms with Gasteiger partial charge in [-0.3, -0.25) is 4.79 Å². The molecule has 5 nitrogen and oxygen atoms in total. The summed E-state index contributed by atoms with van der Waals surface area (Å²) in [6, 6.07) is 5.48. The molecule has 0 saturated carbocycles. The molecule has 19 heavy (non-hydrogen) atoms. The number of fused-ring (bicyclic) bond motifs is 1. The Bertz CT molecular complexity index is 495. The molecule has 5 heteroatoms. The van der Waals surface area contributed by atoms with Gasteiger partial charge < -0.3 is 20.1 Å². The Labute approximate surface area is 112 Å². The lowest BCUT2D eigenvalue weighted by molar-refractivity contribution is -0.124. The normalized spacial score (nSPS) is 24.5. The number of amides is 1. The van der Waals surface area contributed by atoms with E-state index in [4.69, 9.17) is 9.47 Å². The van der Waals surface area contributed by atoms with Crippen LogP contribution in [0.25, 0.3) is 0 Å². The van der Waals surface area contributed by atoms with Gasteiger partial charge in [-0.05, 0) is 31.5 Å².